The van der Waals surface area contributed by atoms with Gasteiger partial charge in [-0.05, 0) is 51.3 Å². The average Bonchev–Trinajstić information content (AvgIpc) is 3.36. The van der Waals surface area contributed by atoms with Gasteiger partial charge in [0.1, 0.15) is 0 Å². The van der Waals surface area contributed by atoms with E-state index >= 15 is 0 Å². The Kier molecular flexibility index (Phi) is 4.69. The monoisotopic (exact) mass is 359 g/mol. The number of hydrogen-bond donors (Lipinski definition) is 0. The average molecular weight is 360 g/mol. The molecule has 1 saturated carbocycles. The Hall–Kier alpha value is -2.14. The Labute approximate surface area is 152 Å². The quantitative estimate of drug-likeness (QED) is 0.605. The Morgan fingerprint density at radius 2 is 1.84 bits per heavy atom. The summed E-state index contributed by atoms with van der Waals surface area (Å²) in [6.45, 7) is 5.53. The molecule has 0 bridgehead atoms. The van der Waals surface area contributed by atoms with Crippen molar-refractivity contribution in [3.05, 3.63) is 51.8 Å². The fourth-order valence-corrected chi connectivity index (χ4v) is 3.36. The molecule has 132 valence electrons. The summed E-state index contributed by atoms with van der Waals surface area (Å²) in [5, 5.41) is 4.91. The minimum Gasteiger partial charge on any atom is -0.326 e. The van der Waals surface area contributed by atoms with E-state index in [-0.39, 0.29) is 12.1 Å². The second-order valence-corrected chi connectivity index (χ2v) is 7.11. The van der Waals surface area contributed by atoms with Gasteiger partial charge in [0, 0.05) is 23.8 Å². The van der Waals surface area contributed by atoms with E-state index in [4.69, 9.17) is 11.6 Å². The van der Waals surface area contributed by atoms with Crippen molar-refractivity contribution in [2.24, 2.45) is 7.05 Å². The van der Waals surface area contributed by atoms with Crippen molar-refractivity contribution in [1.29, 1.82) is 0 Å². The molecule has 0 saturated heterocycles. The van der Waals surface area contributed by atoms with Gasteiger partial charge in [0.05, 0.1) is 17.3 Å². The summed E-state index contributed by atoms with van der Waals surface area (Å²) in [6, 6.07) is 7.36. The minimum atomic E-state index is -0.476. The van der Waals surface area contributed by atoms with Crippen LogP contribution < -0.4 is 0 Å². The van der Waals surface area contributed by atoms with Crippen LogP contribution in [0.5, 0.6) is 0 Å². The van der Waals surface area contributed by atoms with E-state index in [0.717, 1.165) is 18.4 Å². The van der Waals surface area contributed by atoms with E-state index in [0.29, 0.717) is 22.0 Å². The number of aromatic nitrogens is 2. The summed E-state index contributed by atoms with van der Waals surface area (Å²) in [7, 11) is 1.78. The van der Waals surface area contributed by atoms with Crippen LogP contribution in [0, 0.1) is 13.8 Å². The van der Waals surface area contributed by atoms with Crippen LogP contribution in [0.2, 0.25) is 5.02 Å². The summed E-state index contributed by atoms with van der Waals surface area (Å²) < 4.78 is 1.64. The Morgan fingerprint density at radius 1 is 1.24 bits per heavy atom. The number of carbonyl (C=O) groups excluding carboxylic acids is 2. The second kappa shape index (κ2) is 6.64. The molecule has 1 aromatic carbocycles. The van der Waals surface area contributed by atoms with E-state index in [9.17, 15) is 9.59 Å². The number of nitrogens with zero attached hydrogens (tertiary/aromatic N) is 3. The van der Waals surface area contributed by atoms with Crippen molar-refractivity contribution in [1.82, 2.24) is 14.7 Å². The molecule has 0 N–H and O–H groups in total. The molecule has 0 spiro atoms. The largest absolute Gasteiger partial charge is 0.326 e. The fraction of sp³-hybridized carbons (Fsp3) is 0.421. The van der Waals surface area contributed by atoms with Crippen molar-refractivity contribution < 1.29 is 9.59 Å². The highest BCUT2D eigenvalue weighted by Crippen LogP contribution is 2.35. The highest BCUT2D eigenvalue weighted by atomic mass is 35.5. The Bertz CT molecular complexity index is 822. The number of amides is 1. The number of rotatable bonds is 5. The lowest BCUT2D eigenvalue weighted by Gasteiger charge is -2.29. The minimum absolute atomic E-state index is 0.124. The molecule has 2 aromatic rings. The Morgan fingerprint density at radius 3 is 2.32 bits per heavy atom. The van der Waals surface area contributed by atoms with Crippen molar-refractivity contribution in [3.8, 4) is 0 Å². The predicted octanol–water partition coefficient (Wildman–Crippen LogP) is 3.63. The highest BCUT2D eigenvalue weighted by Gasteiger charge is 2.40. The zero-order valence-electron chi connectivity index (χ0n) is 14.9. The van der Waals surface area contributed by atoms with Crippen LogP contribution in [0.3, 0.4) is 0 Å². The number of carbonyl (C=O) groups is 2. The zero-order valence-corrected chi connectivity index (χ0v) is 15.7. The molecular weight excluding hydrogens is 338 g/mol. The van der Waals surface area contributed by atoms with Crippen molar-refractivity contribution in [3.63, 3.8) is 0 Å². The van der Waals surface area contributed by atoms with Crippen LogP contribution >= 0.6 is 11.6 Å². The van der Waals surface area contributed by atoms with Gasteiger partial charge in [-0.1, -0.05) is 23.7 Å². The van der Waals surface area contributed by atoms with Gasteiger partial charge in [-0.2, -0.15) is 5.10 Å². The van der Waals surface area contributed by atoms with Crippen LogP contribution in [0.15, 0.2) is 24.3 Å². The van der Waals surface area contributed by atoms with Gasteiger partial charge in [-0.15, -0.1) is 0 Å². The molecule has 1 aromatic heterocycles. The number of Topliss-reactive ketones (excluding diaryl/α,β-unsaturated/α-hetero) is 1. The smallest absolute Gasteiger partial charge is 0.295 e. The van der Waals surface area contributed by atoms with Gasteiger partial charge in [0.2, 0.25) is 0 Å². The number of benzene rings is 1. The van der Waals surface area contributed by atoms with Crippen LogP contribution in [0.25, 0.3) is 0 Å². The topological polar surface area (TPSA) is 55.2 Å². The summed E-state index contributed by atoms with van der Waals surface area (Å²) >= 11 is 5.96. The Balaban J connectivity index is 1.91. The molecule has 1 unspecified atom stereocenters. The first-order chi connectivity index (χ1) is 11.8. The first kappa shape index (κ1) is 17.7. The summed E-state index contributed by atoms with van der Waals surface area (Å²) in [4.78, 5) is 27.7. The predicted molar refractivity (Wildman–Crippen MR) is 96.7 cm³/mol. The van der Waals surface area contributed by atoms with Gasteiger partial charge < -0.3 is 4.90 Å². The lowest BCUT2D eigenvalue weighted by atomic mass is 10.0. The normalized spacial score (nSPS) is 15.1. The fourth-order valence-electron chi connectivity index (χ4n) is 3.24. The van der Waals surface area contributed by atoms with E-state index in [1.807, 2.05) is 26.0 Å². The van der Waals surface area contributed by atoms with E-state index in [1.165, 1.54) is 0 Å². The van der Waals surface area contributed by atoms with Crippen molar-refractivity contribution in [2.45, 2.75) is 45.7 Å². The van der Waals surface area contributed by atoms with Gasteiger partial charge in [-0.3, -0.25) is 14.3 Å². The molecule has 1 heterocycles. The van der Waals surface area contributed by atoms with Crippen molar-refractivity contribution in [2.75, 3.05) is 0 Å². The summed E-state index contributed by atoms with van der Waals surface area (Å²) in [5.41, 5.74) is 2.69. The lowest BCUT2D eigenvalue weighted by Crippen LogP contribution is -2.40. The highest BCUT2D eigenvalue weighted by molar-refractivity contribution is 6.43. The first-order valence-corrected chi connectivity index (χ1v) is 8.81. The third-order valence-corrected chi connectivity index (χ3v) is 5.13. The number of aryl methyl sites for hydroxylation is 2. The SMILES string of the molecule is Cc1nn(C)c(C)c1C(=O)C(=O)N(C1CC1)C(C)c1ccc(Cl)cc1. The molecule has 1 atom stereocenters. The lowest BCUT2D eigenvalue weighted by molar-refractivity contribution is -0.129. The van der Waals surface area contributed by atoms with Gasteiger partial charge in [0.25, 0.3) is 11.7 Å². The van der Waals surface area contributed by atoms with Gasteiger partial charge in [0.15, 0.2) is 0 Å². The third kappa shape index (κ3) is 3.33. The maximum Gasteiger partial charge on any atom is 0.295 e. The molecule has 1 aliphatic carbocycles. The van der Waals surface area contributed by atoms with Crippen LogP contribution in [0.1, 0.15) is 53.1 Å². The van der Waals surface area contributed by atoms with E-state index in [1.54, 1.807) is 35.7 Å². The summed E-state index contributed by atoms with van der Waals surface area (Å²) in [5.74, 6) is -0.931. The number of halogens is 1. The van der Waals surface area contributed by atoms with Gasteiger partial charge >= 0.3 is 0 Å². The molecule has 0 radical (unpaired) electrons. The molecule has 25 heavy (non-hydrogen) atoms. The maximum atomic E-state index is 13.0. The number of ketones is 1. The first-order valence-electron chi connectivity index (χ1n) is 8.44. The maximum absolute atomic E-state index is 13.0. The van der Waals surface area contributed by atoms with E-state index in [2.05, 4.69) is 5.10 Å². The third-order valence-electron chi connectivity index (χ3n) is 4.87. The molecule has 3 rings (SSSR count). The molecule has 0 aliphatic heterocycles. The standard InChI is InChI=1S/C19H22ClN3O2/c1-11-17(13(3)22(4)21-11)18(24)19(25)23(16-9-10-16)12(2)14-5-7-15(20)8-6-14/h5-8,12,16H,9-10H2,1-4H3. The van der Waals surface area contributed by atoms with E-state index < -0.39 is 11.7 Å². The number of hydrogen-bond acceptors (Lipinski definition) is 3. The molecule has 5 nitrogen and oxygen atoms in total. The van der Waals surface area contributed by atoms with Crippen LogP contribution in [0.4, 0.5) is 0 Å². The second-order valence-electron chi connectivity index (χ2n) is 6.67. The molecule has 1 fully saturated rings. The molecule has 6 heteroatoms. The van der Waals surface area contributed by atoms with Crippen LogP contribution in [-0.4, -0.2) is 32.4 Å². The van der Waals surface area contributed by atoms with Gasteiger partial charge in [-0.25, -0.2) is 0 Å². The van der Waals surface area contributed by atoms with Crippen molar-refractivity contribution >= 4 is 23.3 Å². The molecular formula is C19H22ClN3O2. The van der Waals surface area contributed by atoms with Crippen LogP contribution in [-0.2, 0) is 11.8 Å². The summed E-state index contributed by atoms with van der Waals surface area (Å²) in [6.07, 6.45) is 1.86. The zero-order chi connectivity index (χ0) is 18.3. The molecule has 1 aliphatic rings. The molecule has 1 amide bonds.